The number of ketones is 1. The number of aromatic nitrogens is 2. The Morgan fingerprint density at radius 3 is 2.67 bits per heavy atom. The topological polar surface area (TPSA) is 113 Å². The molecule has 0 radical (unpaired) electrons. The summed E-state index contributed by atoms with van der Waals surface area (Å²) in [6.07, 6.45) is 3.25. The summed E-state index contributed by atoms with van der Waals surface area (Å²) < 4.78 is 5.51. The van der Waals surface area contributed by atoms with Gasteiger partial charge in [0.05, 0.1) is 33.8 Å². The number of aliphatic hydroxyl groups is 1. The van der Waals surface area contributed by atoms with Crippen LogP contribution in [0.1, 0.15) is 44.5 Å². The van der Waals surface area contributed by atoms with Crippen molar-refractivity contribution in [3.63, 3.8) is 0 Å². The second-order valence-corrected chi connectivity index (χ2v) is 8.80. The zero-order valence-electron chi connectivity index (χ0n) is 18.4. The van der Waals surface area contributed by atoms with Crippen molar-refractivity contribution in [3.05, 3.63) is 80.8 Å². The van der Waals surface area contributed by atoms with Crippen LogP contribution in [-0.2, 0) is 11.3 Å². The van der Waals surface area contributed by atoms with Crippen LogP contribution >= 0.6 is 11.3 Å². The van der Waals surface area contributed by atoms with E-state index in [1.807, 2.05) is 6.07 Å². The predicted molar refractivity (Wildman–Crippen MR) is 122 cm³/mol. The molecule has 4 rings (SSSR count). The van der Waals surface area contributed by atoms with Crippen LogP contribution in [-0.4, -0.2) is 43.4 Å². The molecule has 1 amide bonds. The van der Waals surface area contributed by atoms with E-state index in [0.29, 0.717) is 27.7 Å². The van der Waals surface area contributed by atoms with Gasteiger partial charge in [-0.3, -0.25) is 14.6 Å². The van der Waals surface area contributed by atoms with Crippen molar-refractivity contribution in [1.29, 1.82) is 0 Å². The summed E-state index contributed by atoms with van der Waals surface area (Å²) in [5.74, 6) is -1.53. The molecule has 0 aliphatic carbocycles. The van der Waals surface area contributed by atoms with Gasteiger partial charge in [-0.2, -0.15) is 0 Å². The maximum Gasteiger partial charge on any atom is 0.290 e. The van der Waals surface area contributed by atoms with E-state index in [2.05, 4.69) is 9.97 Å². The Bertz CT molecular complexity index is 1250. The number of thiazole rings is 1. The van der Waals surface area contributed by atoms with E-state index in [9.17, 15) is 19.8 Å². The molecule has 0 spiro atoms. The van der Waals surface area contributed by atoms with Crippen molar-refractivity contribution in [2.24, 2.45) is 0 Å². The van der Waals surface area contributed by atoms with Gasteiger partial charge in [-0.25, -0.2) is 4.98 Å². The minimum atomic E-state index is -0.883. The number of carbonyl (C=O) groups excluding carboxylic acids is 2. The molecule has 0 bridgehead atoms. The van der Waals surface area contributed by atoms with Crippen LogP contribution < -0.4 is 4.74 Å². The number of rotatable bonds is 7. The van der Waals surface area contributed by atoms with Gasteiger partial charge in [-0.1, -0.05) is 12.1 Å². The monoisotopic (exact) mass is 465 g/mol. The van der Waals surface area contributed by atoms with E-state index in [-0.39, 0.29) is 23.6 Å². The number of phenolic OH excluding ortho intramolecular Hbond substituents is 1. The third kappa shape index (κ3) is 4.19. The van der Waals surface area contributed by atoms with E-state index >= 15 is 0 Å². The average molecular weight is 466 g/mol. The minimum absolute atomic E-state index is 0.0243. The highest BCUT2D eigenvalue weighted by Gasteiger charge is 2.44. The molecule has 33 heavy (non-hydrogen) atoms. The van der Waals surface area contributed by atoms with E-state index in [4.69, 9.17) is 4.74 Å². The lowest BCUT2D eigenvalue weighted by Gasteiger charge is -2.27. The Kier molecular flexibility index (Phi) is 6.15. The van der Waals surface area contributed by atoms with Gasteiger partial charge in [-0.05, 0) is 50.1 Å². The Labute approximate surface area is 194 Å². The normalized spacial score (nSPS) is 15.9. The van der Waals surface area contributed by atoms with Crippen LogP contribution in [0.5, 0.6) is 11.5 Å². The number of pyridine rings is 1. The Balaban J connectivity index is 1.84. The summed E-state index contributed by atoms with van der Waals surface area (Å²) in [6, 6.07) is 7.33. The van der Waals surface area contributed by atoms with Crippen LogP contribution in [0.4, 0.5) is 0 Å². The number of aryl methyl sites for hydroxylation is 2. The van der Waals surface area contributed by atoms with E-state index in [1.54, 1.807) is 51.4 Å². The van der Waals surface area contributed by atoms with Crippen LogP contribution in [0.25, 0.3) is 0 Å². The highest BCUT2D eigenvalue weighted by atomic mass is 32.1. The molecule has 1 aromatic carbocycles. The van der Waals surface area contributed by atoms with Crippen molar-refractivity contribution in [3.8, 4) is 11.5 Å². The van der Waals surface area contributed by atoms with Gasteiger partial charge in [0.15, 0.2) is 17.3 Å². The van der Waals surface area contributed by atoms with E-state index in [1.165, 1.54) is 22.3 Å². The highest BCUT2D eigenvalue weighted by Crippen LogP contribution is 2.43. The van der Waals surface area contributed by atoms with Crippen LogP contribution in [0.2, 0.25) is 0 Å². The van der Waals surface area contributed by atoms with Gasteiger partial charge in [0.1, 0.15) is 0 Å². The smallest absolute Gasteiger partial charge is 0.290 e. The van der Waals surface area contributed by atoms with Crippen molar-refractivity contribution in [1.82, 2.24) is 14.9 Å². The number of hydrogen-bond donors (Lipinski definition) is 2. The van der Waals surface area contributed by atoms with Gasteiger partial charge in [-0.15, -0.1) is 11.3 Å². The number of benzene rings is 1. The van der Waals surface area contributed by atoms with Gasteiger partial charge in [0.2, 0.25) is 5.78 Å². The lowest BCUT2D eigenvalue weighted by atomic mass is 9.94. The second kappa shape index (κ2) is 9.03. The molecule has 1 unspecified atom stereocenters. The molecule has 1 aliphatic rings. The minimum Gasteiger partial charge on any atom is -0.504 e. The second-order valence-electron chi connectivity index (χ2n) is 7.60. The fraction of sp³-hybridized carbons (Fsp3) is 0.250. The number of ether oxygens (including phenoxy) is 1. The first-order valence-electron chi connectivity index (χ1n) is 10.4. The summed E-state index contributed by atoms with van der Waals surface area (Å²) in [5, 5.41) is 21.7. The van der Waals surface area contributed by atoms with Gasteiger partial charge >= 0.3 is 0 Å². The molecule has 3 aromatic rings. The number of aromatic hydroxyl groups is 1. The van der Waals surface area contributed by atoms with Gasteiger partial charge in [0.25, 0.3) is 5.91 Å². The first-order valence-corrected chi connectivity index (χ1v) is 11.2. The standard InChI is InChI=1S/C24H23N3O5S/c1-4-32-18-10-16(7-8-17(18)28)20-19(21(29)23-13(2)26-14(3)33-23)22(30)24(31)27(20)12-15-6-5-9-25-11-15/h5-11,20,28,30H,4,12H2,1-3H3. The Hall–Kier alpha value is -3.72. The SMILES string of the molecule is CCOc1cc(C2C(C(=O)c3sc(C)nc3C)=C(O)C(=O)N2Cc2cccnc2)ccc1O. The molecule has 2 N–H and O–H groups in total. The number of amides is 1. The summed E-state index contributed by atoms with van der Waals surface area (Å²) in [4.78, 5) is 36.9. The zero-order valence-corrected chi connectivity index (χ0v) is 19.2. The molecule has 3 heterocycles. The molecule has 2 aromatic heterocycles. The molecule has 0 saturated heterocycles. The molecular weight excluding hydrogens is 442 g/mol. The number of aliphatic hydroxyl groups excluding tert-OH is 1. The molecular formula is C24H23N3O5S. The fourth-order valence-electron chi connectivity index (χ4n) is 3.92. The number of phenols is 1. The van der Waals surface area contributed by atoms with Gasteiger partial charge in [0, 0.05) is 18.9 Å². The molecule has 170 valence electrons. The first kappa shape index (κ1) is 22.5. The van der Waals surface area contributed by atoms with E-state index in [0.717, 1.165) is 5.56 Å². The molecule has 0 fully saturated rings. The molecule has 9 heteroatoms. The first-order chi connectivity index (χ1) is 15.8. The maximum absolute atomic E-state index is 13.6. The van der Waals surface area contributed by atoms with E-state index < -0.39 is 23.5 Å². The maximum atomic E-state index is 13.6. The van der Waals surface area contributed by atoms with Crippen molar-refractivity contribution in [2.75, 3.05) is 6.61 Å². The van der Waals surface area contributed by atoms with Crippen molar-refractivity contribution < 1.29 is 24.5 Å². The third-order valence-electron chi connectivity index (χ3n) is 5.33. The average Bonchev–Trinajstić information content (AvgIpc) is 3.26. The summed E-state index contributed by atoms with van der Waals surface area (Å²) in [6.45, 7) is 5.76. The fourth-order valence-corrected chi connectivity index (χ4v) is 4.79. The molecule has 1 atom stereocenters. The molecule has 8 nitrogen and oxygen atoms in total. The van der Waals surface area contributed by atoms with Crippen LogP contribution in [0.15, 0.2) is 54.1 Å². The predicted octanol–water partition coefficient (Wildman–Crippen LogP) is 4.04. The largest absolute Gasteiger partial charge is 0.504 e. The van der Waals surface area contributed by atoms with Crippen LogP contribution in [0, 0.1) is 13.8 Å². The molecule has 1 aliphatic heterocycles. The zero-order chi connectivity index (χ0) is 23.7. The Morgan fingerprint density at radius 2 is 2.03 bits per heavy atom. The summed E-state index contributed by atoms with van der Waals surface area (Å²) >= 11 is 1.22. The summed E-state index contributed by atoms with van der Waals surface area (Å²) in [5.41, 5.74) is 1.79. The Morgan fingerprint density at radius 1 is 1.24 bits per heavy atom. The lowest BCUT2D eigenvalue weighted by Crippen LogP contribution is -2.30. The number of nitrogens with zero attached hydrogens (tertiary/aromatic N) is 3. The highest BCUT2D eigenvalue weighted by molar-refractivity contribution is 7.14. The third-order valence-corrected chi connectivity index (χ3v) is 6.40. The van der Waals surface area contributed by atoms with Crippen LogP contribution in [0.3, 0.4) is 0 Å². The van der Waals surface area contributed by atoms with Crippen molar-refractivity contribution >= 4 is 23.0 Å². The number of Topliss-reactive ketones (excluding diaryl/α,β-unsaturated/α-hetero) is 1. The quantitative estimate of drug-likeness (QED) is 0.506. The lowest BCUT2D eigenvalue weighted by molar-refractivity contribution is -0.130. The van der Waals surface area contributed by atoms with Crippen molar-refractivity contribution in [2.45, 2.75) is 33.4 Å². The number of carbonyl (C=O) groups is 2. The number of hydrogen-bond acceptors (Lipinski definition) is 8. The summed E-state index contributed by atoms with van der Waals surface area (Å²) in [7, 11) is 0. The van der Waals surface area contributed by atoms with Gasteiger partial charge < -0.3 is 19.8 Å². The molecule has 0 saturated carbocycles.